The van der Waals surface area contributed by atoms with Gasteiger partial charge >= 0.3 is 5.76 Å². The molecular weight excluding hydrogens is 266 g/mol. The summed E-state index contributed by atoms with van der Waals surface area (Å²) < 4.78 is 4.99. The van der Waals surface area contributed by atoms with Crippen molar-refractivity contribution in [1.29, 1.82) is 0 Å². The van der Waals surface area contributed by atoms with Gasteiger partial charge in [0.15, 0.2) is 5.58 Å². The van der Waals surface area contributed by atoms with Crippen molar-refractivity contribution in [3.63, 3.8) is 0 Å². The second-order valence-electron chi connectivity index (χ2n) is 4.94. The van der Waals surface area contributed by atoms with Crippen LogP contribution in [0.15, 0.2) is 57.9 Å². The second-order valence-corrected chi connectivity index (χ2v) is 4.94. The Labute approximate surface area is 119 Å². The van der Waals surface area contributed by atoms with Crippen molar-refractivity contribution in [1.82, 2.24) is 9.97 Å². The van der Waals surface area contributed by atoms with Crippen molar-refractivity contribution >= 4 is 27.7 Å². The normalized spacial score (nSPS) is 11.2. The van der Waals surface area contributed by atoms with Gasteiger partial charge in [0.25, 0.3) is 0 Å². The molecule has 3 N–H and O–H groups in total. The van der Waals surface area contributed by atoms with E-state index < -0.39 is 5.76 Å². The van der Waals surface area contributed by atoms with Crippen molar-refractivity contribution in [2.45, 2.75) is 6.54 Å². The van der Waals surface area contributed by atoms with Crippen LogP contribution in [0.2, 0.25) is 0 Å². The summed E-state index contributed by atoms with van der Waals surface area (Å²) in [6.07, 6.45) is 2.01. The molecule has 0 amide bonds. The predicted octanol–water partition coefficient (Wildman–Crippen LogP) is 3.21. The third kappa shape index (κ3) is 2.08. The van der Waals surface area contributed by atoms with E-state index in [-0.39, 0.29) is 0 Å². The first-order valence-corrected chi connectivity index (χ1v) is 6.71. The SMILES string of the molecule is O=c1[nH]c2cc(NCc3c[nH]c4ccccc34)ccc2o1. The van der Waals surface area contributed by atoms with E-state index in [2.05, 4.69) is 27.4 Å². The quantitative estimate of drug-likeness (QED) is 0.539. The Morgan fingerprint density at radius 1 is 1.10 bits per heavy atom. The fourth-order valence-electron chi connectivity index (χ4n) is 2.54. The summed E-state index contributed by atoms with van der Waals surface area (Å²) in [6.45, 7) is 0.706. The fraction of sp³-hybridized carbons (Fsp3) is 0.0625. The van der Waals surface area contributed by atoms with Gasteiger partial charge in [0.2, 0.25) is 0 Å². The fourth-order valence-corrected chi connectivity index (χ4v) is 2.54. The molecule has 0 unspecified atom stereocenters. The molecule has 104 valence electrons. The minimum absolute atomic E-state index is 0.432. The molecule has 0 fully saturated rings. The van der Waals surface area contributed by atoms with E-state index >= 15 is 0 Å². The number of fused-ring (bicyclic) bond motifs is 2. The number of aromatic nitrogens is 2. The molecule has 2 aromatic carbocycles. The van der Waals surface area contributed by atoms with Crippen LogP contribution in [0.3, 0.4) is 0 Å². The first kappa shape index (κ1) is 11.8. The summed E-state index contributed by atoms with van der Waals surface area (Å²) in [4.78, 5) is 17.1. The summed E-state index contributed by atoms with van der Waals surface area (Å²) >= 11 is 0. The van der Waals surface area contributed by atoms with Gasteiger partial charge < -0.3 is 14.7 Å². The van der Waals surface area contributed by atoms with Crippen LogP contribution in [0.5, 0.6) is 0 Å². The highest BCUT2D eigenvalue weighted by atomic mass is 16.4. The van der Waals surface area contributed by atoms with Gasteiger partial charge in [-0.25, -0.2) is 4.79 Å². The van der Waals surface area contributed by atoms with Gasteiger partial charge in [0, 0.05) is 29.3 Å². The molecule has 5 nitrogen and oxygen atoms in total. The Kier molecular flexibility index (Phi) is 2.57. The number of H-pyrrole nitrogens is 2. The Balaban J connectivity index is 1.61. The Morgan fingerprint density at radius 2 is 2.00 bits per heavy atom. The lowest BCUT2D eigenvalue weighted by molar-refractivity contribution is 0.555. The number of benzene rings is 2. The van der Waals surface area contributed by atoms with Gasteiger partial charge in [-0.3, -0.25) is 4.98 Å². The number of aromatic amines is 2. The molecule has 0 atom stereocenters. The molecule has 0 aliphatic heterocycles. The molecule has 0 radical (unpaired) electrons. The molecule has 0 bridgehead atoms. The van der Waals surface area contributed by atoms with Crippen LogP contribution in [0.25, 0.3) is 22.0 Å². The van der Waals surface area contributed by atoms with Crippen molar-refractivity contribution in [2.24, 2.45) is 0 Å². The standard InChI is InChI=1S/C16H13N3O2/c20-16-19-14-7-11(5-6-15(14)21-16)17-8-10-9-18-13-4-2-1-3-12(10)13/h1-7,9,17-18H,8H2,(H,19,20). The van der Waals surface area contributed by atoms with Crippen LogP contribution in [0.1, 0.15) is 5.56 Å². The molecule has 0 aliphatic rings. The summed E-state index contributed by atoms with van der Waals surface area (Å²) in [6, 6.07) is 13.7. The first-order chi connectivity index (χ1) is 10.3. The van der Waals surface area contributed by atoms with Crippen LogP contribution in [-0.4, -0.2) is 9.97 Å². The zero-order valence-electron chi connectivity index (χ0n) is 11.1. The Bertz CT molecular complexity index is 978. The maximum atomic E-state index is 11.1. The zero-order chi connectivity index (χ0) is 14.2. The van der Waals surface area contributed by atoms with E-state index in [1.165, 1.54) is 10.9 Å². The molecular formula is C16H13N3O2. The summed E-state index contributed by atoms with van der Waals surface area (Å²) in [7, 11) is 0. The van der Waals surface area contributed by atoms with Gasteiger partial charge in [-0.2, -0.15) is 0 Å². The number of nitrogens with one attached hydrogen (secondary N) is 3. The molecule has 4 rings (SSSR count). The number of hydrogen-bond acceptors (Lipinski definition) is 3. The molecule has 0 spiro atoms. The minimum Gasteiger partial charge on any atom is -0.408 e. The van der Waals surface area contributed by atoms with E-state index in [1.54, 1.807) is 6.07 Å². The number of oxazole rings is 1. The highest BCUT2D eigenvalue weighted by Crippen LogP contribution is 2.20. The van der Waals surface area contributed by atoms with Crippen LogP contribution in [0, 0.1) is 0 Å². The van der Waals surface area contributed by atoms with Crippen LogP contribution in [-0.2, 0) is 6.54 Å². The number of para-hydroxylation sites is 1. The number of hydrogen-bond donors (Lipinski definition) is 3. The molecule has 0 saturated heterocycles. The summed E-state index contributed by atoms with van der Waals surface area (Å²) in [5.74, 6) is -0.432. The summed E-state index contributed by atoms with van der Waals surface area (Å²) in [5.41, 5.74) is 4.53. The average Bonchev–Trinajstić information content (AvgIpc) is 3.07. The highest BCUT2D eigenvalue weighted by Gasteiger charge is 2.04. The van der Waals surface area contributed by atoms with E-state index in [0.717, 1.165) is 11.2 Å². The maximum Gasteiger partial charge on any atom is 0.417 e. The average molecular weight is 279 g/mol. The minimum atomic E-state index is -0.432. The van der Waals surface area contributed by atoms with Crippen LogP contribution in [0.4, 0.5) is 5.69 Å². The third-order valence-electron chi connectivity index (χ3n) is 3.58. The molecule has 2 heterocycles. The Morgan fingerprint density at radius 3 is 2.95 bits per heavy atom. The smallest absolute Gasteiger partial charge is 0.408 e. The van der Waals surface area contributed by atoms with Crippen LogP contribution < -0.4 is 11.1 Å². The summed E-state index contributed by atoms with van der Waals surface area (Å²) in [5, 5.41) is 4.57. The van der Waals surface area contributed by atoms with E-state index in [4.69, 9.17) is 4.42 Å². The topological polar surface area (TPSA) is 73.8 Å². The van der Waals surface area contributed by atoms with Crippen LogP contribution >= 0.6 is 0 Å². The third-order valence-corrected chi connectivity index (χ3v) is 3.58. The Hall–Kier alpha value is -2.95. The van der Waals surface area contributed by atoms with Gasteiger partial charge in [-0.05, 0) is 29.8 Å². The lowest BCUT2D eigenvalue weighted by Gasteiger charge is -2.05. The van der Waals surface area contributed by atoms with Gasteiger partial charge in [0.05, 0.1) is 5.52 Å². The van der Waals surface area contributed by atoms with Crippen molar-refractivity contribution in [2.75, 3.05) is 5.32 Å². The molecule has 0 aliphatic carbocycles. The molecule has 2 aromatic heterocycles. The first-order valence-electron chi connectivity index (χ1n) is 6.71. The molecule has 4 aromatic rings. The number of anilines is 1. The van der Waals surface area contributed by atoms with Gasteiger partial charge in [0.1, 0.15) is 0 Å². The maximum absolute atomic E-state index is 11.1. The second kappa shape index (κ2) is 4.56. The molecule has 0 saturated carbocycles. The van der Waals surface area contributed by atoms with Crippen molar-refractivity contribution in [3.8, 4) is 0 Å². The lowest BCUT2D eigenvalue weighted by Crippen LogP contribution is -1.98. The van der Waals surface area contributed by atoms with Crippen molar-refractivity contribution < 1.29 is 4.42 Å². The molecule has 21 heavy (non-hydrogen) atoms. The zero-order valence-corrected chi connectivity index (χ0v) is 11.1. The number of rotatable bonds is 3. The van der Waals surface area contributed by atoms with E-state index in [9.17, 15) is 4.79 Å². The lowest BCUT2D eigenvalue weighted by atomic mass is 10.2. The monoisotopic (exact) mass is 279 g/mol. The largest absolute Gasteiger partial charge is 0.417 e. The molecule has 5 heteroatoms. The van der Waals surface area contributed by atoms with Gasteiger partial charge in [-0.15, -0.1) is 0 Å². The van der Waals surface area contributed by atoms with Crippen molar-refractivity contribution in [3.05, 3.63) is 64.8 Å². The highest BCUT2D eigenvalue weighted by molar-refractivity contribution is 5.83. The van der Waals surface area contributed by atoms with Gasteiger partial charge in [-0.1, -0.05) is 18.2 Å². The van der Waals surface area contributed by atoms with E-state index in [0.29, 0.717) is 17.6 Å². The predicted molar refractivity (Wildman–Crippen MR) is 82.5 cm³/mol. The van der Waals surface area contributed by atoms with E-state index in [1.807, 2.05) is 30.5 Å².